The Labute approximate surface area is 152 Å². The first-order valence-corrected chi connectivity index (χ1v) is 8.18. The number of hydrazone groups is 1. The molecule has 3 rings (SSSR count). The molecule has 0 aliphatic heterocycles. The number of nitrogens with zero attached hydrogens (tertiary/aromatic N) is 2. The molecule has 2 aromatic carbocycles. The van der Waals surface area contributed by atoms with Gasteiger partial charge in [0, 0.05) is 18.0 Å². The fourth-order valence-corrected chi connectivity index (χ4v) is 2.47. The molecule has 5 heteroatoms. The number of aromatic nitrogens is 1. The van der Waals surface area contributed by atoms with E-state index in [9.17, 15) is 4.79 Å². The van der Waals surface area contributed by atoms with E-state index in [0.29, 0.717) is 17.9 Å². The molecule has 0 fully saturated rings. The molecular formula is C21H19N3O2. The van der Waals surface area contributed by atoms with Crippen molar-refractivity contribution in [1.82, 2.24) is 9.99 Å². The maximum Gasteiger partial charge on any atom is 0.273 e. The first-order valence-electron chi connectivity index (χ1n) is 8.18. The second-order valence-electron chi connectivity index (χ2n) is 5.44. The van der Waals surface area contributed by atoms with E-state index in [1.54, 1.807) is 18.4 Å². The zero-order chi connectivity index (χ0) is 18.2. The summed E-state index contributed by atoms with van der Waals surface area (Å²) in [5.74, 6) is 0.396. The first kappa shape index (κ1) is 17.2. The highest BCUT2D eigenvalue weighted by atomic mass is 16.5. The molecule has 0 saturated carbocycles. The third-order valence-electron chi connectivity index (χ3n) is 3.68. The molecule has 3 aromatic rings. The van der Waals surface area contributed by atoms with Gasteiger partial charge in [-0.3, -0.25) is 4.79 Å². The summed E-state index contributed by atoms with van der Waals surface area (Å²) in [7, 11) is 0. The summed E-state index contributed by atoms with van der Waals surface area (Å²) in [5, 5.41) is 4.07. The van der Waals surface area contributed by atoms with Gasteiger partial charge in [0.15, 0.2) is 0 Å². The SMILES string of the molecule is C=CCOc1ccccc1/C=N\NC(=O)c1ccccc1-n1cccc1. The normalized spacial score (nSPS) is 10.6. The van der Waals surface area contributed by atoms with Crippen LogP contribution in [0.25, 0.3) is 5.69 Å². The maximum atomic E-state index is 12.5. The van der Waals surface area contributed by atoms with Crippen molar-refractivity contribution in [2.24, 2.45) is 5.10 Å². The van der Waals surface area contributed by atoms with Crippen LogP contribution in [0.1, 0.15) is 15.9 Å². The molecule has 0 saturated heterocycles. The molecule has 26 heavy (non-hydrogen) atoms. The van der Waals surface area contributed by atoms with E-state index in [0.717, 1.165) is 11.3 Å². The Kier molecular flexibility index (Phi) is 5.62. The van der Waals surface area contributed by atoms with Crippen LogP contribution >= 0.6 is 0 Å². The monoisotopic (exact) mass is 345 g/mol. The fourth-order valence-electron chi connectivity index (χ4n) is 2.47. The second kappa shape index (κ2) is 8.48. The van der Waals surface area contributed by atoms with Crippen molar-refractivity contribution >= 4 is 12.1 Å². The third kappa shape index (κ3) is 4.08. The van der Waals surface area contributed by atoms with E-state index < -0.39 is 0 Å². The summed E-state index contributed by atoms with van der Waals surface area (Å²) < 4.78 is 7.46. The van der Waals surface area contributed by atoms with Gasteiger partial charge in [-0.15, -0.1) is 0 Å². The molecule has 0 spiro atoms. The molecule has 130 valence electrons. The number of carbonyl (C=O) groups excluding carboxylic acids is 1. The molecule has 0 atom stereocenters. The minimum Gasteiger partial charge on any atom is -0.489 e. The largest absolute Gasteiger partial charge is 0.489 e. The quantitative estimate of drug-likeness (QED) is 0.402. The summed E-state index contributed by atoms with van der Waals surface area (Å²) in [4.78, 5) is 12.5. The molecule has 0 unspecified atom stereocenters. The number of rotatable bonds is 7. The lowest BCUT2D eigenvalue weighted by atomic mass is 10.1. The second-order valence-corrected chi connectivity index (χ2v) is 5.44. The summed E-state index contributed by atoms with van der Waals surface area (Å²) >= 11 is 0. The Hall–Kier alpha value is -3.60. The molecule has 1 amide bonds. The molecule has 1 N–H and O–H groups in total. The van der Waals surface area contributed by atoms with Crippen LogP contribution in [0.3, 0.4) is 0 Å². The number of hydrogen-bond donors (Lipinski definition) is 1. The van der Waals surface area contributed by atoms with Gasteiger partial charge >= 0.3 is 0 Å². The number of carbonyl (C=O) groups is 1. The summed E-state index contributed by atoms with van der Waals surface area (Å²) in [6, 6.07) is 18.6. The number of nitrogens with one attached hydrogen (secondary N) is 1. The highest BCUT2D eigenvalue weighted by Gasteiger charge is 2.11. The van der Waals surface area contributed by atoms with E-state index in [2.05, 4.69) is 17.1 Å². The van der Waals surface area contributed by atoms with Crippen molar-refractivity contribution < 1.29 is 9.53 Å². The van der Waals surface area contributed by atoms with Crippen molar-refractivity contribution in [3.8, 4) is 11.4 Å². The van der Waals surface area contributed by atoms with Crippen molar-refractivity contribution in [2.75, 3.05) is 6.61 Å². The fraction of sp³-hybridized carbons (Fsp3) is 0.0476. The third-order valence-corrected chi connectivity index (χ3v) is 3.68. The Bertz CT molecular complexity index is 915. The zero-order valence-corrected chi connectivity index (χ0v) is 14.2. The Balaban J connectivity index is 1.74. The average Bonchev–Trinajstić information content (AvgIpc) is 3.22. The number of ether oxygens (including phenoxy) is 1. The molecule has 5 nitrogen and oxygen atoms in total. The maximum absolute atomic E-state index is 12.5. The van der Waals surface area contributed by atoms with Crippen molar-refractivity contribution in [1.29, 1.82) is 0 Å². The summed E-state index contributed by atoms with van der Waals surface area (Å²) in [6.45, 7) is 4.04. The molecule has 0 bridgehead atoms. The van der Waals surface area contributed by atoms with Crippen molar-refractivity contribution in [2.45, 2.75) is 0 Å². The molecule has 1 aromatic heterocycles. The van der Waals surface area contributed by atoms with Gasteiger partial charge < -0.3 is 9.30 Å². The molecule has 0 aliphatic carbocycles. The zero-order valence-electron chi connectivity index (χ0n) is 14.2. The Morgan fingerprint density at radius 3 is 2.62 bits per heavy atom. The number of benzene rings is 2. The van der Waals surface area contributed by atoms with Gasteiger partial charge in [-0.1, -0.05) is 36.9 Å². The Morgan fingerprint density at radius 2 is 1.81 bits per heavy atom. The van der Waals surface area contributed by atoms with Crippen molar-refractivity contribution in [3.63, 3.8) is 0 Å². The van der Waals surface area contributed by atoms with Crippen LogP contribution in [0, 0.1) is 0 Å². The molecule has 1 heterocycles. The van der Waals surface area contributed by atoms with Crippen LogP contribution < -0.4 is 10.2 Å². The first-order chi connectivity index (χ1) is 12.8. The lowest BCUT2D eigenvalue weighted by Gasteiger charge is -2.09. The van der Waals surface area contributed by atoms with Gasteiger partial charge in [0.25, 0.3) is 5.91 Å². The van der Waals surface area contributed by atoms with Gasteiger partial charge in [-0.05, 0) is 36.4 Å². The summed E-state index contributed by atoms with van der Waals surface area (Å²) in [5.41, 5.74) is 4.68. The molecule has 0 radical (unpaired) electrons. The lowest BCUT2D eigenvalue weighted by Crippen LogP contribution is -2.19. The van der Waals surface area contributed by atoms with Crippen LogP contribution in [0.5, 0.6) is 5.75 Å². The smallest absolute Gasteiger partial charge is 0.273 e. The Morgan fingerprint density at radius 1 is 1.08 bits per heavy atom. The van der Waals surface area contributed by atoms with E-state index in [4.69, 9.17) is 4.74 Å². The topological polar surface area (TPSA) is 55.6 Å². The van der Waals surface area contributed by atoms with Crippen LogP contribution in [0.4, 0.5) is 0 Å². The molecular weight excluding hydrogens is 326 g/mol. The predicted octanol–water partition coefficient (Wildman–Crippen LogP) is 3.81. The van der Waals surface area contributed by atoms with Gasteiger partial charge in [-0.2, -0.15) is 5.10 Å². The summed E-state index contributed by atoms with van der Waals surface area (Å²) in [6.07, 6.45) is 7.02. The average molecular weight is 345 g/mol. The number of amides is 1. The van der Waals surface area contributed by atoms with E-state index in [1.165, 1.54) is 0 Å². The lowest BCUT2D eigenvalue weighted by molar-refractivity contribution is 0.0955. The van der Waals surface area contributed by atoms with Crippen LogP contribution in [-0.2, 0) is 0 Å². The number of para-hydroxylation sites is 2. The van der Waals surface area contributed by atoms with E-state index in [-0.39, 0.29) is 5.91 Å². The molecule has 0 aliphatic rings. The van der Waals surface area contributed by atoms with Gasteiger partial charge in [0.05, 0.1) is 17.5 Å². The van der Waals surface area contributed by atoms with Crippen LogP contribution in [0.15, 0.2) is 90.8 Å². The van der Waals surface area contributed by atoms with Crippen LogP contribution in [0.2, 0.25) is 0 Å². The minimum absolute atomic E-state index is 0.282. The number of hydrogen-bond acceptors (Lipinski definition) is 3. The standard InChI is InChI=1S/C21H19N3O2/c1-2-15-26-20-12-6-3-9-17(20)16-22-23-21(25)18-10-4-5-11-19(18)24-13-7-8-14-24/h2-14,16H,1,15H2,(H,23,25)/b22-16-. The van der Waals surface area contributed by atoms with Crippen molar-refractivity contribution in [3.05, 3.63) is 96.8 Å². The highest BCUT2D eigenvalue weighted by Crippen LogP contribution is 2.16. The minimum atomic E-state index is -0.282. The highest BCUT2D eigenvalue weighted by molar-refractivity contribution is 5.98. The van der Waals surface area contributed by atoms with Gasteiger partial charge in [0.1, 0.15) is 12.4 Å². The van der Waals surface area contributed by atoms with E-state index in [1.807, 2.05) is 71.6 Å². The predicted molar refractivity (Wildman–Crippen MR) is 103 cm³/mol. The van der Waals surface area contributed by atoms with Gasteiger partial charge in [0.2, 0.25) is 0 Å². The van der Waals surface area contributed by atoms with Crippen LogP contribution in [-0.4, -0.2) is 23.3 Å². The van der Waals surface area contributed by atoms with Gasteiger partial charge in [-0.25, -0.2) is 5.43 Å². The van der Waals surface area contributed by atoms with E-state index >= 15 is 0 Å².